The van der Waals surface area contributed by atoms with Crippen LogP contribution in [-0.4, -0.2) is 17.8 Å². The first-order valence-electron chi connectivity index (χ1n) is 9.40. The van der Waals surface area contributed by atoms with Gasteiger partial charge in [0.2, 0.25) is 0 Å². The second-order valence-corrected chi connectivity index (χ2v) is 7.26. The van der Waals surface area contributed by atoms with Gasteiger partial charge in [-0.25, -0.2) is 0 Å². The molecule has 3 nitrogen and oxygen atoms in total. The monoisotopic (exact) mass is 347 g/mol. The van der Waals surface area contributed by atoms with Gasteiger partial charge in [-0.1, -0.05) is 68.5 Å². The fraction of sp³-hybridized carbons (Fsp3) is 0.348. The Hall–Kier alpha value is -2.55. The first kappa shape index (κ1) is 18.2. The van der Waals surface area contributed by atoms with Crippen molar-refractivity contribution in [3.63, 3.8) is 0 Å². The van der Waals surface area contributed by atoms with Gasteiger partial charge in [-0.3, -0.25) is 0 Å². The van der Waals surface area contributed by atoms with Gasteiger partial charge in [-0.05, 0) is 42.9 Å². The molecule has 0 radical (unpaired) electrons. The number of amidine groups is 1. The highest BCUT2D eigenvalue weighted by Crippen LogP contribution is 2.49. The molecule has 0 aromatic heterocycles. The minimum Gasteiger partial charge on any atom is -0.331 e. The number of allylic oxidation sites excluding steroid dienone is 1. The standard InChI is InChI=1S/C23H29N3/c1-5-19-11-13-20(14-12-19)23(15-8-16-23)18(3)26(4)22(25-24)21-10-7-6-9-17(21)2/h6-7,9-14H,3,5,8,15-16,24H2,1-2,4H3/b25-22-. The summed E-state index contributed by atoms with van der Waals surface area (Å²) in [6.45, 7) is 8.75. The van der Waals surface area contributed by atoms with Gasteiger partial charge in [0.1, 0.15) is 0 Å². The second-order valence-electron chi connectivity index (χ2n) is 7.26. The van der Waals surface area contributed by atoms with Crippen molar-refractivity contribution in [1.29, 1.82) is 0 Å². The van der Waals surface area contributed by atoms with Crippen molar-refractivity contribution in [2.75, 3.05) is 7.05 Å². The van der Waals surface area contributed by atoms with Crippen LogP contribution < -0.4 is 5.84 Å². The zero-order chi connectivity index (χ0) is 18.7. The van der Waals surface area contributed by atoms with E-state index >= 15 is 0 Å². The lowest BCUT2D eigenvalue weighted by Crippen LogP contribution is -2.44. The summed E-state index contributed by atoms with van der Waals surface area (Å²) in [5.41, 5.74) is 5.98. The van der Waals surface area contributed by atoms with Gasteiger partial charge in [0, 0.05) is 23.7 Å². The van der Waals surface area contributed by atoms with E-state index in [1.165, 1.54) is 17.5 Å². The van der Waals surface area contributed by atoms with Gasteiger partial charge in [-0.15, -0.1) is 0 Å². The average Bonchev–Trinajstić information content (AvgIpc) is 2.63. The zero-order valence-corrected chi connectivity index (χ0v) is 16.1. The van der Waals surface area contributed by atoms with Crippen molar-refractivity contribution in [3.8, 4) is 0 Å². The quantitative estimate of drug-likeness (QED) is 0.367. The van der Waals surface area contributed by atoms with E-state index in [1.807, 2.05) is 19.2 Å². The van der Waals surface area contributed by atoms with Crippen molar-refractivity contribution in [3.05, 3.63) is 83.1 Å². The van der Waals surface area contributed by atoms with Gasteiger partial charge in [0.15, 0.2) is 5.84 Å². The van der Waals surface area contributed by atoms with Crippen molar-refractivity contribution in [2.45, 2.75) is 44.9 Å². The van der Waals surface area contributed by atoms with Crippen LogP contribution in [0.4, 0.5) is 0 Å². The first-order valence-corrected chi connectivity index (χ1v) is 9.40. The van der Waals surface area contributed by atoms with E-state index in [9.17, 15) is 0 Å². The first-order chi connectivity index (χ1) is 12.5. The van der Waals surface area contributed by atoms with E-state index in [2.05, 4.69) is 66.8 Å². The van der Waals surface area contributed by atoms with Crippen LogP contribution >= 0.6 is 0 Å². The maximum absolute atomic E-state index is 5.80. The van der Waals surface area contributed by atoms with Crippen LogP contribution in [0.1, 0.15) is 48.4 Å². The summed E-state index contributed by atoms with van der Waals surface area (Å²) >= 11 is 0. The molecular weight excluding hydrogens is 318 g/mol. The van der Waals surface area contributed by atoms with Crippen molar-refractivity contribution < 1.29 is 0 Å². The molecule has 0 amide bonds. The number of benzene rings is 2. The average molecular weight is 348 g/mol. The Morgan fingerprint density at radius 3 is 2.31 bits per heavy atom. The summed E-state index contributed by atoms with van der Waals surface area (Å²) in [5.74, 6) is 6.57. The van der Waals surface area contributed by atoms with Gasteiger partial charge in [0.05, 0.1) is 0 Å². The Balaban J connectivity index is 1.93. The SMILES string of the molecule is C=C(N(C)/C(=N\N)c1ccccc1C)C1(c2ccc(CC)cc2)CCC1. The van der Waals surface area contributed by atoms with Crippen molar-refractivity contribution >= 4 is 5.84 Å². The Bertz CT molecular complexity index is 814. The highest BCUT2D eigenvalue weighted by molar-refractivity contribution is 6.00. The number of hydrazone groups is 1. The fourth-order valence-corrected chi connectivity index (χ4v) is 3.94. The number of rotatable bonds is 5. The third kappa shape index (κ3) is 3.03. The topological polar surface area (TPSA) is 41.6 Å². The van der Waals surface area contributed by atoms with Gasteiger partial charge in [0.25, 0.3) is 0 Å². The Morgan fingerprint density at radius 2 is 1.81 bits per heavy atom. The molecule has 3 rings (SSSR count). The lowest BCUT2D eigenvalue weighted by molar-refractivity contribution is 0.256. The predicted octanol–water partition coefficient (Wildman–Crippen LogP) is 4.75. The summed E-state index contributed by atoms with van der Waals surface area (Å²) in [6.07, 6.45) is 4.52. The molecule has 1 aliphatic carbocycles. The molecular formula is C23H29N3. The number of hydrogen-bond acceptors (Lipinski definition) is 2. The highest BCUT2D eigenvalue weighted by atomic mass is 15.3. The third-order valence-electron chi connectivity index (χ3n) is 5.91. The van der Waals surface area contributed by atoms with E-state index in [-0.39, 0.29) is 5.41 Å². The van der Waals surface area contributed by atoms with E-state index in [1.54, 1.807) is 0 Å². The number of nitrogens with two attached hydrogens (primary N) is 1. The zero-order valence-electron chi connectivity index (χ0n) is 16.1. The van der Waals surface area contributed by atoms with Gasteiger partial charge in [-0.2, -0.15) is 5.10 Å². The van der Waals surface area contributed by atoms with E-state index in [4.69, 9.17) is 5.84 Å². The van der Waals surface area contributed by atoms with Crippen LogP contribution in [-0.2, 0) is 11.8 Å². The molecule has 26 heavy (non-hydrogen) atoms. The van der Waals surface area contributed by atoms with Crippen LogP contribution in [0.15, 0.2) is 65.9 Å². The predicted molar refractivity (Wildman–Crippen MR) is 110 cm³/mol. The van der Waals surface area contributed by atoms with E-state index in [0.29, 0.717) is 0 Å². The minimum absolute atomic E-state index is 0.0142. The largest absolute Gasteiger partial charge is 0.331 e. The van der Waals surface area contributed by atoms with Crippen molar-refractivity contribution in [2.24, 2.45) is 10.9 Å². The fourth-order valence-electron chi connectivity index (χ4n) is 3.94. The minimum atomic E-state index is -0.0142. The van der Waals surface area contributed by atoms with Crippen LogP contribution in [0.5, 0.6) is 0 Å². The second kappa shape index (κ2) is 7.36. The molecule has 0 unspecified atom stereocenters. The van der Waals surface area contributed by atoms with Crippen molar-refractivity contribution in [1.82, 2.24) is 4.90 Å². The molecule has 0 aliphatic heterocycles. The lowest BCUT2D eigenvalue weighted by Gasteiger charge is -2.47. The highest BCUT2D eigenvalue weighted by Gasteiger charge is 2.43. The molecule has 2 aromatic rings. The van der Waals surface area contributed by atoms with Gasteiger partial charge < -0.3 is 10.7 Å². The van der Waals surface area contributed by atoms with Crippen LogP contribution in [0.2, 0.25) is 0 Å². The summed E-state index contributed by atoms with van der Waals surface area (Å²) in [4.78, 5) is 2.08. The molecule has 1 fully saturated rings. The number of nitrogens with zero attached hydrogens (tertiary/aromatic N) is 2. The molecule has 0 atom stereocenters. The summed E-state index contributed by atoms with van der Waals surface area (Å²) in [7, 11) is 2.03. The lowest BCUT2D eigenvalue weighted by atomic mass is 9.62. The number of aryl methyl sites for hydroxylation is 2. The van der Waals surface area contributed by atoms with Crippen LogP contribution in [0.25, 0.3) is 0 Å². The Labute approximate surface area is 157 Å². The van der Waals surface area contributed by atoms with E-state index in [0.717, 1.165) is 41.9 Å². The Morgan fingerprint density at radius 1 is 1.15 bits per heavy atom. The number of likely N-dealkylation sites (N-methyl/N-ethyl adjacent to an activating group) is 1. The molecule has 1 aliphatic rings. The maximum atomic E-state index is 5.80. The molecule has 1 saturated carbocycles. The van der Waals surface area contributed by atoms with Crippen LogP contribution in [0.3, 0.4) is 0 Å². The molecule has 0 bridgehead atoms. The van der Waals surface area contributed by atoms with Gasteiger partial charge >= 0.3 is 0 Å². The summed E-state index contributed by atoms with van der Waals surface area (Å²) in [6, 6.07) is 17.2. The third-order valence-corrected chi connectivity index (χ3v) is 5.91. The van der Waals surface area contributed by atoms with Crippen LogP contribution in [0, 0.1) is 6.92 Å². The molecule has 0 heterocycles. The maximum Gasteiger partial charge on any atom is 0.159 e. The molecule has 0 saturated heterocycles. The molecule has 2 aromatic carbocycles. The summed E-state index contributed by atoms with van der Waals surface area (Å²) < 4.78 is 0. The molecule has 0 spiro atoms. The molecule has 136 valence electrons. The summed E-state index contributed by atoms with van der Waals surface area (Å²) in [5, 5.41) is 4.11. The Kier molecular flexibility index (Phi) is 5.17. The molecule has 3 heteroatoms. The molecule has 2 N–H and O–H groups in total. The number of hydrogen-bond donors (Lipinski definition) is 1. The smallest absolute Gasteiger partial charge is 0.159 e. The normalized spacial score (nSPS) is 16.0. The van der Waals surface area contributed by atoms with E-state index < -0.39 is 0 Å².